The molecule has 1 saturated heterocycles. The van der Waals surface area contributed by atoms with Gasteiger partial charge in [-0.05, 0) is 37.3 Å². The van der Waals surface area contributed by atoms with Gasteiger partial charge in [0.25, 0.3) is 5.91 Å². The summed E-state index contributed by atoms with van der Waals surface area (Å²) in [5, 5.41) is 2.99. The van der Waals surface area contributed by atoms with Gasteiger partial charge in [-0.3, -0.25) is 13.9 Å². The second kappa shape index (κ2) is 10.4. The summed E-state index contributed by atoms with van der Waals surface area (Å²) in [6.07, 6.45) is 0.993. The zero-order valence-electron chi connectivity index (χ0n) is 18.6. The van der Waals surface area contributed by atoms with Gasteiger partial charge in [0.1, 0.15) is 11.8 Å². The van der Waals surface area contributed by atoms with Crippen LogP contribution in [0.1, 0.15) is 17.3 Å². The summed E-state index contributed by atoms with van der Waals surface area (Å²) >= 11 is 6.08. The lowest BCUT2D eigenvalue weighted by atomic mass is 10.1. The molecule has 3 rings (SSSR count). The van der Waals surface area contributed by atoms with Crippen LogP contribution in [0.3, 0.4) is 0 Å². The third-order valence-corrected chi connectivity index (χ3v) is 6.64. The minimum absolute atomic E-state index is 0.132. The molecule has 0 radical (unpaired) electrons. The Balaban J connectivity index is 1.91. The fourth-order valence-corrected chi connectivity index (χ4v) is 4.91. The van der Waals surface area contributed by atoms with Gasteiger partial charge in [0.2, 0.25) is 15.9 Å². The van der Waals surface area contributed by atoms with Gasteiger partial charge in [-0.15, -0.1) is 0 Å². The molecule has 0 aliphatic carbocycles. The monoisotopic (exact) mass is 495 g/mol. The Morgan fingerprint density at radius 2 is 1.85 bits per heavy atom. The number of benzene rings is 2. The summed E-state index contributed by atoms with van der Waals surface area (Å²) in [4.78, 5) is 27.8. The van der Waals surface area contributed by atoms with Crippen molar-refractivity contribution in [2.75, 3.05) is 49.3 Å². The van der Waals surface area contributed by atoms with Crippen molar-refractivity contribution in [3.8, 4) is 5.75 Å². The van der Waals surface area contributed by atoms with Crippen molar-refractivity contribution in [2.45, 2.75) is 13.0 Å². The Hall–Kier alpha value is -2.82. The number of amides is 2. The van der Waals surface area contributed by atoms with E-state index in [-0.39, 0.29) is 28.1 Å². The van der Waals surface area contributed by atoms with E-state index in [4.69, 9.17) is 21.1 Å². The van der Waals surface area contributed by atoms with Crippen LogP contribution in [0.25, 0.3) is 0 Å². The number of methoxy groups -OCH3 is 1. The predicted molar refractivity (Wildman–Crippen MR) is 127 cm³/mol. The summed E-state index contributed by atoms with van der Waals surface area (Å²) in [6.45, 7) is 3.25. The molecule has 0 saturated carbocycles. The Morgan fingerprint density at radius 1 is 1.18 bits per heavy atom. The lowest BCUT2D eigenvalue weighted by molar-refractivity contribution is -0.116. The molecule has 0 spiro atoms. The molecule has 9 nitrogen and oxygen atoms in total. The smallest absolute Gasteiger partial charge is 0.256 e. The number of ether oxygens (including phenoxy) is 2. The summed E-state index contributed by atoms with van der Waals surface area (Å²) < 4.78 is 36.9. The Labute approximate surface area is 198 Å². The molecule has 1 aliphatic rings. The molecular formula is C22H26ClN3O6S. The van der Waals surface area contributed by atoms with E-state index in [0.29, 0.717) is 31.9 Å². The number of anilines is 2. The first kappa shape index (κ1) is 24.8. The number of morpholine rings is 1. The fourth-order valence-electron chi connectivity index (χ4n) is 3.57. The van der Waals surface area contributed by atoms with E-state index in [1.54, 1.807) is 35.2 Å². The van der Waals surface area contributed by atoms with Gasteiger partial charge in [0, 0.05) is 18.1 Å². The van der Waals surface area contributed by atoms with Gasteiger partial charge < -0.3 is 19.7 Å². The number of sulfonamides is 1. The van der Waals surface area contributed by atoms with Crippen molar-refractivity contribution in [1.29, 1.82) is 0 Å². The average Bonchev–Trinajstić information content (AvgIpc) is 2.79. The van der Waals surface area contributed by atoms with Crippen LogP contribution in [0.15, 0.2) is 42.5 Å². The van der Waals surface area contributed by atoms with Crippen LogP contribution in [-0.2, 0) is 19.6 Å². The lowest BCUT2D eigenvalue weighted by Crippen LogP contribution is -2.46. The second-order valence-electron chi connectivity index (χ2n) is 7.49. The van der Waals surface area contributed by atoms with Gasteiger partial charge in [-0.25, -0.2) is 8.42 Å². The molecule has 0 aromatic heterocycles. The van der Waals surface area contributed by atoms with Crippen molar-refractivity contribution in [3.63, 3.8) is 0 Å². The van der Waals surface area contributed by atoms with Crippen LogP contribution in [0, 0.1) is 0 Å². The van der Waals surface area contributed by atoms with Crippen molar-refractivity contribution in [1.82, 2.24) is 4.90 Å². The Morgan fingerprint density at radius 3 is 2.48 bits per heavy atom. The molecule has 1 aliphatic heterocycles. The van der Waals surface area contributed by atoms with E-state index in [2.05, 4.69) is 5.32 Å². The van der Waals surface area contributed by atoms with Crippen LogP contribution in [0.4, 0.5) is 11.4 Å². The van der Waals surface area contributed by atoms with Crippen molar-refractivity contribution in [3.05, 3.63) is 53.1 Å². The maximum Gasteiger partial charge on any atom is 0.256 e. The third-order valence-electron chi connectivity index (χ3n) is 5.18. The standard InChI is InChI=1S/C22H26ClN3O6S/c1-15(26(33(3,29)30)19-14-16(23)8-9-20(19)31-2)21(27)24-18-7-5-4-6-17(18)22(28)25-10-12-32-13-11-25/h4-9,14-15H,10-13H2,1-3H3,(H,24,27). The van der Waals surface area contributed by atoms with Crippen LogP contribution < -0.4 is 14.4 Å². The van der Waals surface area contributed by atoms with Gasteiger partial charge in [0.05, 0.1) is 43.5 Å². The van der Waals surface area contributed by atoms with Crippen LogP contribution in [0.5, 0.6) is 5.75 Å². The van der Waals surface area contributed by atoms with E-state index in [1.807, 2.05) is 0 Å². The van der Waals surface area contributed by atoms with Gasteiger partial charge in [-0.1, -0.05) is 23.7 Å². The van der Waals surface area contributed by atoms with E-state index in [1.165, 1.54) is 26.2 Å². The van der Waals surface area contributed by atoms with Crippen molar-refractivity contribution < 1.29 is 27.5 Å². The molecule has 178 valence electrons. The number of hydrogen-bond donors (Lipinski definition) is 1. The molecule has 1 fully saturated rings. The minimum Gasteiger partial charge on any atom is -0.495 e. The summed E-state index contributed by atoms with van der Waals surface area (Å²) in [7, 11) is -2.51. The maximum atomic E-state index is 13.2. The zero-order valence-corrected chi connectivity index (χ0v) is 20.1. The molecule has 1 heterocycles. The van der Waals surface area contributed by atoms with Crippen molar-refractivity contribution >= 4 is 44.8 Å². The third kappa shape index (κ3) is 5.76. The highest BCUT2D eigenvalue weighted by Gasteiger charge is 2.32. The van der Waals surface area contributed by atoms with Gasteiger partial charge in [-0.2, -0.15) is 0 Å². The average molecular weight is 496 g/mol. The number of rotatable bonds is 7. The van der Waals surface area contributed by atoms with E-state index >= 15 is 0 Å². The van der Waals surface area contributed by atoms with Gasteiger partial charge in [0.15, 0.2) is 0 Å². The number of carbonyl (C=O) groups excluding carboxylic acids is 2. The highest BCUT2D eigenvalue weighted by molar-refractivity contribution is 7.92. The number of hydrogen-bond acceptors (Lipinski definition) is 6. The van der Waals surface area contributed by atoms with Crippen LogP contribution in [-0.4, -0.2) is 70.8 Å². The summed E-state index contributed by atoms with van der Waals surface area (Å²) in [6, 6.07) is 9.94. The predicted octanol–water partition coefficient (Wildman–Crippen LogP) is 2.61. The number of para-hydroxylation sites is 1. The first-order valence-corrected chi connectivity index (χ1v) is 12.5. The molecule has 2 aromatic rings. The topological polar surface area (TPSA) is 105 Å². The fraction of sp³-hybridized carbons (Fsp3) is 0.364. The lowest BCUT2D eigenvalue weighted by Gasteiger charge is -2.30. The number of carbonyl (C=O) groups is 2. The molecule has 33 heavy (non-hydrogen) atoms. The normalized spacial score (nSPS) is 15.0. The largest absolute Gasteiger partial charge is 0.495 e. The van der Waals surface area contributed by atoms with Crippen LogP contribution >= 0.6 is 11.6 Å². The molecule has 2 amide bonds. The quantitative estimate of drug-likeness (QED) is 0.633. The second-order valence-corrected chi connectivity index (χ2v) is 9.79. The SMILES string of the molecule is COc1ccc(Cl)cc1N(C(C)C(=O)Nc1ccccc1C(=O)N1CCOCC1)S(C)(=O)=O. The summed E-state index contributed by atoms with van der Waals surface area (Å²) in [5.74, 6) is -0.615. The molecule has 2 aromatic carbocycles. The molecule has 1 unspecified atom stereocenters. The Bertz CT molecular complexity index is 1130. The first-order valence-electron chi connectivity index (χ1n) is 10.2. The number of halogens is 1. The molecule has 1 N–H and O–H groups in total. The highest BCUT2D eigenvalue weighted by Crippen LogP contribution is 2.34. The van der Waals surface area contributed by atoms with Crippen LogP contribution in [0.2, 0.25) is 5.02 Å². The molecular weight excluding hydrogens is 470 g/mol. The van der Waals surface area contributed by atoms with Gasteiger partial charge >= 0.3 is 0 Å². The van der Waals surface area contributed by atoms with E-state index in [9.17, 15) is 18.0 Å². The number of nitrogens with one attached hydrogen (secondary N) is 1. The maximum absolute atomic E-state index is 13.2. The van der Waals surface area contributed by atoms with E-state index < -0.39 is 22.0 Å². The highest BCUT2D eigenvalue weighted by atomic mass is 35.5. The first-order chi connectivity index (χ1) is 15.6. The molecule has 0 bridgehead atoms. The molecule has 11 heteroatoms. The van der Waals surface area contributed by atoms with E-state index in [0.717, 1.165) is 10.6 Å². The Kier molecular flexibility index (Phi) is 7.83. The van der Waals surface area contributed by atoms with Crippen molar-refractivity contribution in [2.24, 2.45) is 0 Å². The zero-order chi connectivity index (χ0) is 24.2. The molecule has 1 atom stereocenters. The number of nitrogens with zero attached hydrogens (tertiary/aromatic N) is 2. The summed E-state index contributed by atoms with van der Waals surface area (Å²) in [5.41, 5.74) is 0.733. The minimum atomic E-state index is -3.90.